The van der Waals surface area contributed by atoms with Crippen LogP contribution in [0.15, 0.2) is 77.9 Å². The molecule has 8 atom stereocenters. The number of benzene rings is 1. The van der Waals surface area contributed by atoms with Crippen LogP contribution in [-0.4, -0.2) is 5.78 Å². The summed E-state index contributed by atoms with van der Waals surface area (Å²) in [5.41, 5.74) is 5.91. The molecule has 35 heavy (non-hydrogen) atoms. The van der Waals surface area contributed by atoms with E-state index in [1.165, 1.54) is 42.0 Å². The summed E-state index contributed by atoms with van der Waals surface area (Å²) in [5.74, 6) is 4.03. The summed E-state index contributed by atoms with van der Waals surface area (Å²) in [5, 5.41) is 0. The molecule has 181 valence electrons. The quantitative estimate of drug-likeness (QED) is 0.411. The smallest absolute Gasteiger partial charge is 0.162 e. The van der Waals surface area contributed by atoms with Crippen molar-refractivity contribution in [2.24, 2.45) is 47.3 Å². The topological polar surface area (TPSA) is 17.1 Å². The standard InChI is InChI=1S/C33H36FO/c1-4-21-8-12-27-24(15-21)17-31-32(20(3)29-18-30(29)33(31)35)28(27)13-10-22-9-11-26(19(2)14-22)23-6-5-7-25(34)16-23/h4-7,9-11,13,16,18-21,24,27-28,31-32H,1,8,12,14-15,17H2,2-3H3/b13-10+/t19?,20-,21+,24+,27+,28+,31+,32-/m1/s1. The van der Waals surface area contributed by atoms with E-state index in [-0.39, 0.29) is 11.7 Å². The molecule has 5 aliphatic rings. The van der Waals surface area contributed by atoms with E-state index in [4.69, 9.17) is 0 Å². The van der Waals surface area contributed by atoms with Gasteiger partial charge in [-0.05, 0) is 102 Å². The van der Waals surface area contributed by atoms with Crippen LogP contribution < -0.4 is 0 Å². The van der Waals surface area contributed by atoms with Gasteiger partial charge in [-0.15, -0.1) is 6.58 Å². The van der Waals surface area contributed by atoms with Crippen molar-refractivity contribution in [2.45, 2.75) is 46.0 Å². The normalized spacial score (nSPS) is 38.3. The maximum Gasteiger partial charge on any atom is 0.162 e. The largest absolute Gasteiger partial charge is 0.294 e. The van der Waals surface area contributed by atoms with Gasteiger partial charge in [0.15, 0.2) is 5.78 Å². The molecule has 0 spiro atoms. The second-order valence-corrected chi connectivity index (χ2v) is 11.7. The van der Waals surface area contributed by atoms with Gasteiger partial charge in [0.2, 0.25) is 0 Å². The highest BCUT2D eigenvalue weighted by Crippen LogP contribution is 2.60. The van der Waals surface area contributed by atoms with Crippen LogP contribution >= 0.6 is 0 Å². The lowest BCUT2D eigenvalue weighted by Crippen LogP contribution is -2.47. The zero-order valence-electron chi connectivity index (χ0n) is 20.9. The molecule has 0 heterocycles. The molecule has 0 aromatic heterocycles. The summed E-state index contributed by atoms with van der Waals surface area (Å²) in [6, 6.07) is 6.93. The molecule has 1 aromatic carbocycles. The Morgan fingerprint density at radius 3 is 2.74 bits per heavy atom. The number of hydrogen-bond donors (Lipinski definition) is 0. The van der Waals surface area contributed by atoms with E-state index in [1.807, 2.05) is 6.07 Å². The molecule has 6 rings (SSSR count). The van der Waals surface area contributed by atoms with E-state index < -0.39 is 0 Å². The first-order chi connectivity index (χ1) is 16.9. The minimum Gasteiger partial charge on any atom is -0.294 e. The third-order valence-electron chi connectivity index (χ3n) is 9.81. The monoisotopic (exact) mass is 467 g/mol. The summed E-state index contributed by atoms with van der Waals surface area (Å²) in [6.45, 7) is 8.67. The zero-order chi connectivity index (χ0) is 24.3. The Kier molecular flexibility index (Phi) is 5.82. The van der Waals surface area contributed by atoms with Crippen LogP contribution in [0.4, 0.5) is 4.39 Å². The van der Waals surface area contributed by atoms with Gasteiger partial charge in [-0.2, -0.15) is 0 Å². The van der Waals surface area contributed by atoms with Crippen LogP contribution in [0.1, 0.15) is 51.5 Å². The number of rotatable bonds is 4. The molecule has 0 bridgehead atoms. The number of Topliss-reactive ketones (excluding diaryl/α,β-unsaturated/α-hetero) is 1. The molecule has 2 fully saturated rings. The summed E-state index contributed by atoms with van der Waals surface area (Å²) in [6.07, 6.45) is 19.2. The molecule has 1 nitrogen and oxygen atoms in total. The average molecular weight is 468 g/mol. The Hall–Kier alpha value is -2.48. The van der Waals surface area contributed by atoms with Crippen LogP contribution in [0.3, 0.4) is 0 Å². The second kappa shape index (κ2) is 8.87. The molecular formula is C33H36FO. The van der Waals surface area contributed by atoms with Gasteiger partial charge in [0.25, 0.3) is 0 Å². The molecule has 0 aliphatic heterocycles. The van der Waals surface area contributed by atoms with Crippen molar-refractivity contribution < 1.29 is 9.18 Å². The lowest BCUT2D eigenvalue weighted by molar-refractivity contribution is -0.126. The fraction of sp³-hybridized carbons (Fsp3) is 0.455. The van der Waals surface area contributed by atoms with Gasteiger partial charge < -0.3 is 0 Å². The van der Waals surface area contributed by atoms with Crippen LogP contribution in [0.25, 0.3) is 5.57 Å². The third kappa shape index (κ3) is 4.03. The van der Waals surface area contributed by atoms with E-state index in [0.29, 0.717) is 47.2 Å². The molecule has 0 N–H and O–H groups in total. The first-order valence-corrected chi connectivity index (χ1v) is 13.5. The predicted molar refractivity (Wildman–Crippen MR) is 140 cm³/mol. The molecule has 2 saturated carbocycles. The van der Waals surface area contributed by atoms with Crippen LogP contribution in [0.5, 0.6) is 0 Å². The predicted octanol–water partition coefficient (Wildman–Crippen LogP) is 7.94. The molecule has 5 aliphatic carbocycles. The van der Waals surface area contributed by atoms with Crippen molar-refractivity contribution in [2.75, 3.05) is 0 Å². The maximum atomic E-state index is 13.8. The first-order valence-electron chi connectivity index (χ1n) is 13.5. The molecule has 1 aromatic rings. The van der Waals surface area contributed by atoms with E-state index >= 15 is 0 Å². The van der Waals surface area contributed by atoms with Crippen molar-refractivity contribution in [1.82, 2.24) is 0 Å². The SMILES string of the molecule is C=C[C@H]1CC[C@H]2[C@@H](C1)C[C@@H]1C(=O)C3=C([CH]3)[C@@H](C)[C@@H]1[C@H]2/C=C/C1=CC=C(c2cccc(F)c2)C(C)C1. The maximum absolute atomic E-state index is 13.8. The van der Waals surface area contributed by atoms with Gasteiger partial charge in [0.1, 0.15) is 5.82 Å². The Labute approximate surface area is 209 Å². The molecule has 0 amide bonds. The van der Waals surface area contributed by atoms with Crippen molar-refractivity contribution >= 4 is 11.4 Å². The van der Waals surface area contributed by atoms with Crippen LogP contribution in [0.2, 0.25) is 0 Å². The molecule has 1 radical (unpaired) electrons. The lowest BCUT2D eigenvalue weighted by Gasteiger charge is -2.51. The first kappa shape index (κ1) is 23.0. The number of fused-ring (bicyclic) bond motifs is 2. The lowest BCUT2D eigenvalue weighted by atomic mass is 9.52. The number of carbonyl (C=O) groups excluding carboxylic acids is 1. The molecule has 2 heteroatoms. The Balaban J connectivity index is 1.29. The van der Waals surface area contributed by atoms with Gasteiger partial charge in [-0.1, -0.05) is 61.9 Å². The summed E-state index contributed by atoms with van der Waals surface area (Å²) in [4.78, 5) is 13.3. The third-order valence-corrected chi connectivity index (χ3v) is 9.81. The van der Waals surface area contributed by atoms with Gasteiger partial charge in [-0.25, -0.2) is 4.39 Å². The molecular weight excluding hydrogens is 431 g/mol. The minimum atomic E-state index is -0.180. The zero-order valence-corrected chi connectivity index (χ0v) is 20.9. The van der Waals surface area contributed by atoms with Gasteiger partial charge in [0, 0.05) is 17.9 Å². The summed E-state index contributed by atoms with van der Waals surface area (Å²) >= 11 is 0. The van der Waals surface area contributed by atoms with E-state index in [1.54, 1.807) is 12.1 Å². The number of allylic oxidation sites excluding steroid dienone is 9. The van der Waals surface area contributed by atoms with Gasteiger partial charge in [-0.3, -0.25) is 4.79 Å². The fourth-order valence-electron chi connectivity index (χ4n) is 8.00. The van der Waals surface area contributed by atoms with Crippen molar-refractivity contribution in [1.29, 1.82) is 0 Å². The Bertz CT molecular complexity index is 1180. The number of ketones is 1. The Morgan fingerprint density at radius 1 is 1.11 bits per heavy atom. The van der Waals surface area contributed by atoms with E-state index in [2.05, 4.69) is 57.2 Å². The fourth-order valence-corrected chi connectivity index (χ4v) is 8.00. The van der Waals surface area contributed by atoms with Crippen molar-refractivity contribution in [3.63, 3.8) is 0 Å². The Morgan fingerprint density at radius 2 is 1.97 bits per heavy atom. The van der Waals surface area contributed by atoms with Gasteiger partial charge >= 0.3 is 0 Å². The second-order valence-electron chi connectivity index (χ2n) is 11.7. The van der Waals surface area contributed by atoms with Crippen LogP contribution in [0, 0.1) is 59.6 Å². The molecule has 1 unspecified atom stereocenters. The van der Waals surface area contributed by atoms with Crippen molar-refractivity contribution in [3.05, 3.63) is 95.7 Å². The number of carbonyl (C=O) groups is 1. The average Bonchev–Trinajstić information content (AvgIpc) is 3.66. The molecule has 0 saturated heterocycles. The highest BCUT2D eigenvalue weighted by atomic mass is 19.1. The van der Waals surface area contributed by atoms with E-state index in [0.717, 1.165) is 24.0 Å². The highest BCUT2D eigenvalue weighted by molar-refractivity contribution is 6.08. The minimum absolute atomic E-state index is 0.180. The van der Waals surface area contributed by atoms with E-state index in [9.17, 15) is 9.18 Å². The highest BCUT2D eigenvalue weighted by Gasteiger charge is 2.55. The van der Waals surface area contributed by atoms with Crippen LogP contribution in [-0.2, 0) is 4.79 Å². The number of halogens is 1. The van der Waals surface area contributed by atoms with Gasteiger partial charge in [0.05, 0.1) is 0 Å². The van der Waals surface area contributed by atoms with Crippen molar-refractivity contribution in [3.8, 4) is 0 Å². The number of hydrogen-bond acceptors (Lipinski definition) is 1. The summed E-state index contributed by atoms with van der Waals surface area (Å²) < 4.78 is 13.8. The summed E-state index contributed by atoms with van der Waals surface area (Å²) in [7, 11) is 0.